The van der Waals surface area contributed by atoms with Crippen LogP contribution in [0, 0.1) is 0 Å². The van der Waals surface area contributed by atoms with Gasteiger partial charge in [0, 0.05) is 33.2 Å². The summed E-state index contributed by atoms with van der Waals surface area (Å²) in [6.07, 6.45) is 0. The highest BCUT2D eigenvalue weighted by molar-refractivity contribution is 6.09. The second kappa shape index (κ2) is 16.4. The number of hydrogen-bond acceptors (Lipinski definition) is 2. The molecule has 0 amide bonds. The van der Waals surface area contributed by atoms with Gasteiger partial charge in [-0.05, 0) is 134 Å². The molecule has 0 spiro atoms. The molecule has 0 aliphatic heterocycles. The van der Waals surface area contributed by atoms with Crippen molar-refractivity contribution in [3.63, 3.8) is 0 Å². The van der Waals surface area contributed by atoms with Gasteiger partial charge in [0.25, 0.3) is 0 Å². The minimum absolute atomic E-state index is 0.565. The van der Waals surface area contributed by atoms with Crippen molar-refractivity contribution in [2.24, 2.45) is 0 Å². The van der Waals surface area contributed by atoms with Crippen molar-refractivity contribution in [3.8, 4) is 44.8 Å². The fourth-order valence-electron chi connectivity index (χ4n) is 11.2. The number of rotatable bonds is 9. The summed E-state index contributed by atoms with van der Waals surface area (Å²) >= 11 is 0. The van der Waals surface area contributed by atoms with E-state index in [0.29, 0.717) is 0 Å². The number of hydrogen-bond donors (Lipinski definition) is 0. The zero-order chi connectivity index (χ0) is 45.9. The van der Waals surface area contributed by atoms with Gasteiger partial charge in [0.05, 0.1) is 29.2 Å². The molecule has 0 radical (unpaired) electrons. The van der Waals surface area contributed by atoms with Gasteiger partial charge in [-0.3, -0.25) is 0 Å². The van der Waals surface area contributed by atoms with Crippen LogP contribution < -0.4 is 9.64 Å². The van der Waals surface area contributed by atoms with Gasteiger partial charge in [0.15, 0.2) is 0 Å². The average molecular weight is 883 g/mol. The standard InChI is InChI=1S/C66H46N2O/c1-69-55-42-40-53(41-43-55)67(63-27-13-15-48-14-2-3-18-56(48)63)52-38-34-50(35-39-52)66(61-23-8-4-19-57(61)58-20-5-9-24-62(58)66)51-17-12-16-49(44-51)47-30-28-45(29-31-47)46-32-36-54(37-33-46)68-64-25-10-6-21-59(64)60-22-7-11-26-65(60)68/h2-44H,1H3. The van der Waals surface area contributed by atoms with Gasteiger partial charge in [0.1, 0.15) is 5.75 Å². The summed E-state index contributed by atoms with van der Waals surface area (Å²) in [5.74, 6) is 0.826. The Morgan fingerprint density at radius 1 is 0.377 bits per heavy atom. The van der Waals surface area contributed by atoms with Crippen LogP contribution in [0.4, 0.5) is 17.1 Å². The summed E-state index contributed by atoms with van der Waals surface area (Å²) in [4.78, 5) is 2.36. The first-order valence-electron chi connectivity index (χ1n) is 23.7. The van der Waals surface area contributed by atoms with Crippen LogP contribution in [0.5, 0.6) is 5.75 Å². The predicted molar refractivity (Wildman–Crippen MR) is 288 cm³/mol. The first-order chi connectivity index (χ1) is 34.2. The van der Waals surface area contributed by atoms with Crippen LogP contribution in [0.1, 0.15) is 22.3 Å². The highest BCUT2D eigenvalue weighted by Gasteiger charge is 2.46. The van der Waals surface area contributed by atoms with Gasteiger partial charge in [-0.1, -0.05) is 188 Å². The summed E-state index contributed by atoms with van der Waals surface area (Å²) in [7, 11) is 1.71. The SMILES string of the molecule is COc1ccc(N(c2ccc(C3(c4cccc(-c5ccc(-c6ccc(-n7c8ccccc8c8ccccc87)cc6)cc5)c4)c4ccccc4-c4ccccc43)cc2)c2cccc3ccccc23)cc1. The Hall–Kier alpha value is -8.92. The number of ether oxygens (including phenoxy) is 1. The van der Waals surface area contributed by atoms with Crippen LogP contribution in [0.2, 0.25) is 0 Å². The molecule has 12 aromatic rings. The number of aromatic nitrogens is 1. The number of para-hydroxylation sites is 2. The van der Waals surface area contributed by atoms with E-state index in [2.05, 4.69) is 258 Å². The molecule has 0 atom stereocenters. The zero-order valence-corrected chi connectivity index (χ0v) is 38.1. The van der Waals surface area contributed by atoms with E-state index in [4.69, 9.17) is 4.74 Å². The van der Waals surface area contributed by atoms with Crippen molar-refractivity contribution in [1.82, 2.24) is 4.57 Å². The lowest BCUT2D eigenvalue weighted by Crippen LogP contribution is -2.28. The summed E-state index contributed by atoms with van der Waals surface area (Å²) in [6.45, 7) is 0. The third kappa shape index (κ3) is 6.50. The first kappa shape index (κ1) is 40.4. The van der Waals surface area contributed by atoms with E-state index in [1.54, 1.807) is 7.11 Å². The second-order valence-electron chi connectivity index (χ2n) is 18.0. The van der Waals surface area contributed by atoms with Crippen LogP contribution in [0.15, 0.2) is 261 Å². The van der Waals surface area contributed by atoms with Gasteiger partial charge in [-0.15, -0.1) is 0 Å². The number of nitrogens with zero attached hydrogens (tertiary/aromatic N) is 2. The highest BCUT2D eigenvalue weighted by Crippen LogP contribution is 2.57. The van der Waals surface area contributed by atoms with Crippen molar-refractivity contribution in [2.45, 2.75) is 5.41 Å². The Morgan fingerprint density at radius 3 is 1.49 bits per heavy atom. The molecule has 3 nitrogen and oxygen atoms in total. The molecule has 0 fully saturated rings. The number of methoxy groups -OCH3 is 1. The molecule has 1 aromatic heterocycles. The molecular weight excluding hydrogens is 837 g/mol. The normalized spacial score (nSPS) is 12.5. The van der Waals surface area contributed by atoms with Crippen molar-refractivity contribution >= 4 is 49.6 Å². The van der Waals surface area contributed by atoms with E-state index < -0.39 is 5.41 Å². The topological polar surface area (TPSA) is 17.4 Å². The van der Waals surface area contributed by atoms with Crippen LogP contribution in [-0.4, -0.2) is 11.7 Å². The third-order valence-electron chi connectivity index (χ3n) is 14.4. The van der Waals surface area contributed by atoms with Gasteiger partial charge < -0.3 is 14.2 Å². The highest BCUT2D eigenvalue weighted by atomic mass is 16.5. The Kier molecular flexibility index (Phi) is 9.62. The average Bonchev–Trinajstić information content (AvgIpc) is 3.93. The molecule has 326 valence electrons. The Labute approximate surface area is 402 Å². The minimum atomic E-state index is -0.565. The summed E-state index contributed by atoms with van der Waals surface area (Å²) in [5.41, 5.74) is 18.6. The lowest BCUT2D eigenvalue weighted by atomic mass is 9.67. The maximum atomic E-state index is 5.59. The second-order valence-corrected chi connectivity index (χ2v) is 18.0. The fourth-order valence-corrected chi connectivity index (χ4v) is 11.2. The van der Waals surface area contributed by atoms with Crippen molar-refractivity contribution < 1.29 is 4.74 Å². The molecule has 0 bridgehead atoms. The van der Waals surface area contributed by atoms with Crippen molar-refractivity contribution in [2.75, 3.05) is 12.0 Å². The van der Waals surface area contributed by atoms with Crippen molar-refractivity contribution in [3.05, 3.63) is 283 Å². The first-order valence-corrected chi connectivity index (χ1v) is 23.7. The lowest BCUT2D eigenvalue weighted by Gasteiger charge is -2.35. The molecule has 69 heavy (non-hydrogen) atoms. The van der Waals surface area contributed by atoms with Gasteiger partial charge in [0.2, 0.25) is 0 Å². The van der Waals surface area contributed by atoms with E-state index in [1.807, 2.05) is 12.1 Å². The predicted octanol–water partition coefficient (Wildman–Crippen LogP) is 17.1. The summed E-state index contributed by atoms with van der Waals surface area (Å²) in [6, 6.07) is 95.4. The molecular formula is C66H46N2O. The fraction of sp³-hybridized carbons (Fsp3) is 0.0303. The van der Waals surface area contributed by atoms with Crippen LogP contribution >= 0.6 is 0 Å². The number of anilines is 3. The maximum absolute atomic E-state index is 5.59. The number of fused-ring (bicyclic) bond motifs is 7. The van der Waals surface area contributed by atoms with Crippen molar-refractivity contribution in [1.29, 1.82) is 0 Å². The molecule has 0 saturated heterocycles. The van der Waals surface area contributed by atoms with Gasteiger partial charge >= 0.3 is 0 Å². The quantitative estimate of drug-likeness (QED) is 0.144. The van der Waals surface area contributed by atoms with E-state index in [-0.39, 0.29) is 0 Å². The Balaban J connectivity index is 0.893. The van der Waals surface area contributed by atoms with E-state index >= 15 is 0 Å². The van der Waals surface area contributed by atoms with Crippen LogP contribution in [-0.2, 0) is 5.41 Å². The lowest BCUT2D eigenvalue weighted by molar-refractivity contribution is 0.415. The van der Waals surface area contributed by atoms with E-state index in [9.17, 15) is 0 Å². The van der Waals surface area contributed by atoms with E-state index in [0.717, 1.165) is 28.5 Å². The van der Waals surface area contributed by atoms with Crippen LogP contribution in [0.3, 0.4) is 0 Å². The molecule has 0 unspecified atom stereocenters. The monoisotopic (exact) mass is 882 g/mol. The van der Waals surface area contributed by atoms with Gasteiger partial charge in [-0.25, -0.2) is 0 Å². The molecule has 0 saturated carbocycles. The smallest absolute Gasteiger partial charge is 0.119 e. The van der Waals surface area contributed by atoms with E-state index in [1.165, 1.54) is 88.2 Å². The largest absolute Gasteiger partial charge is 0.497 e. The van der Waals surface area contributed by atoms with Crippen LogP contribution in [0.25, 0.3) is 71.6 Å². The maximum Gasteiger partial charge on any atom is 0.119 e. The summed E-state index contributed by atoms with van der Waals surface area (Å²) < 4.78 is 7.96. The molecule has 0 N–H and O–H groups in total. The van der Waals surface area contributed by atoms with Gasteiger partial charge in [-0.2, -0.15) is 0 Å². The molecule has 11 aromatic carbocycles. The summed E-state index contributed by atoms with van der Waals surface area (Å²) in [5, 5.41) is 4.93. The zero-order valence-electron chi connectivity index (χ0n) is 38.1. The minimum Gasteiger partial charge on any atom is -0.497 e. The molecule has 1 aliphatic carbocycles. The molecule has 1 aliphatic rings. The Bertz CT molecular complexity index is 3760. The molecule has 1 heterocycles. The third-order valence-corrected chi connectivity index (χ3v) is 14.4. The Morgan fingerprint density at radius 2 is 0.870 bits per heavy atom. The molecule has 13 rings (SSSR count). The number of benzene rings is 11. The molecule has 3 heteroatoms.